The molecule has 0 heterocycles. The van der Waals surface area contributed by atoms with Crippen molar-refractivity contribution >= 4 is 52.4 Å². The SMILES string of the molecule is CN(C(=O)c1c(Cl)cccc1Cl)C(=O)N(C)c1ccc(Cl)cc1. The highest BCUT2D eigenvalue weighted by atomic mass is 35.5. The number of imide groups is 1. The third-order valence-corrected chi connectivity index (χ3v) is 4.15. The summed E-state index contributed by atoms with van der Waals surface area (Å²) in [6.45, 7) is 0. The molecule has 0 saturated carbocycles. The Morgan fingerprint density at radius 1 is 0.870 bits per heavy atom. The molecule has 23 heavy (non-hydrogen) atoms. The summed E-state index contributed by atoms with van der Waals surface area (Å²) in [4.78, 5) is 27.3. The smallest absolute Gasteiger partial charge is 0.297 e. The zero-order valence-electron chi connectivity index (χ0n) is 12.4. The molecule has 120 valence electrons. The van der Waals surface area contributed by atoms with Crippen molar-refractivity contribution in [2.24, 2.45) is 0 Å². The molecule has 4 nitrogen and oxygen atoms in total. The average Bonchev–Trinajstić information content (AvgIpc) is 2.53. The summed E-state index contributed by atoms with van der Waals surface area (Å²) >= 11 is 17.9. The molecule has 0 bridgehead atoms. The molecule has 0 aliphatic rings. The predicted molar refractivity (Wildman–Crippen MR) is 93.8 cm³/mol. The van der Waals surface area contributed by atoms with Crippen LogP contribution >= 0.6 is 34.8 Å². The van der Waals surface area contributed by atoms with E-state index in [9.17, 15) is 9.59 Å². The Kier molecular flexibility index (Phi) is 5.52. The number of anilines is 1. The van der Waals surface area contributed by atoms with Gasteiger partial charge in [0.1, 0.15) is 0 Å². The minimum Gasteiger partial charge on any atom is -0.297 e. The van der Waals surface area contributed by atoms with Crippen LogP contribution in [0.15, 0.2) is 42.5 Å². The number of hydrogen-bond acceptors (Lipinski definition) is 2. The summed E-state index contributed by atoms with van der Waals surface area (Å²) in [6, 6.07) is 10.9. The van der Waals surface area contributed by atoms with Crippen molar-refractivity contribution in [2.45, 2.75) is 0 Å². The van der Waals surface area contributed by atoms with Gasteiger partial charge in [-0.25, -0.2) is 4.79 Å². The van der Waals surface area contributed by atoms with Crippen LogP contribution in [-0.2, 0) is 0 Å². The summed E-state index contributed by atoms with van der Waals surface area (Å²) in [7, 11) is 2.93. The van der Waals surface area contributed by atoms with Crippen molar-refractivity contribution in [3.05, 3.63) is 63.1 Å². The van der Waals surface area contributed by atoms with Crippen LogP contribution in [0.1, 0.15) is 10.4 Å². The van der Waals surface area contributed by atoms with E-state index >= 15 is 0 Å². The van der Waals surface area contributed by atoms with Gasteiger partial charge in [0.25, 0.3) is 5.91 Å². The highest BCUT2D eigenvalue weighted by molar-refractivity contribution is 6.40. The molecular weight excluding hydrogens is 359 g/mol. The van der Waals surface area contributed by atoms with E-state index in [1.165, 1.54) is 11.9 Å². The van der Waals surface area contributed by atoms with Crippen LogP contribution in [-0.4, -0.2) is 30.9 Å². The molecular formula is C16H13Cl3N2O2. The average molecular weight is 372 g/mol. The predicted octanol–water partition coefficient (Wildman–Crippen LogP) is 4.98. The number of carbonyl (C=O) groups is 2. The molecule has 0 aromatic heterocycles. The monoisotopic (exact) mass is 370 g/mol. The molecule has 0 aliphatic carbocycles. The number of benzene rings is 2. The summed E-state index contributed by atoms with van der Waals surface area (Å²) in [5, 5.41) is 0.939. The Bertz CT molecular complexity index is 727. The molecule has 0 atom stereocenters. The number of nitrogens with zero attached hydrogens (tertiary/aromatic N) is 2. The molecule has 2 rings (SSSR count). The summed E-state index contributed by atoms with van der Waals surface area (Å²) in [5.41, 5.74) is 0.695. The van der Waals surface area contributed by atoms with Gasteiger partial charge in [-0.1, -0.05) is 40.9 Å². The largest absolute Gasteiger partial charge is 0.330 e. The second-order valence-corrected chi connectivity index (χ2v) is 6.03. The highest BCUT2D eigenvalue weighted by Crippen LogP contribution is 2.26. The standard InChI is InChI=1S/C16H13Cl3N2O2/c1-20(11-8-6-10(17)7-9-11)16(23)21(2)15(22)14-12(18)4-3-5-13(14)19/h3-9H,1-2H3. The molecule has 7 heteroatoms. The fourth-order valence-electron chi connectivity index (χ4n) is 1.96. The van der Waals surface area contributed by atoms with E-state index in [2.05, 4.69) is 0 Å². The van der Waals surface area contributed by atoms with Gasteiger partial charge in [-0.05, 0) is 36.4 Å². The molecule has 0 radical (unpaired) electrons. The van der Waals surface area contributed by atoms with E-state index in [1.807, 2.05) is 0 Å². The van der Waals surface area contributed by atoms with Gasteiger partial charge in [-0.3, -0.25) is 14.6 Å². The third kappa shape index (κ3) is 3.78. The topological polar surface area (TPSA) is 40.6 Å². The number of carbonyl (C=O) groups excluding carboxylic acids is 2. The summed E-state index contributed by atoms with van der Waals surface area (Å²) < 4.78 is 0. The Morgan fingerprint density at radius 3 is 1.91 bits per heavy atom. The fraction of sp³-hybridized carbons (Fsp3) is 0.125. The van der Waals surface area contributed by atoms with Gasteiger partial charge < -0.3 is 0 Å². The Morgan fingerprint density at radius 2 is 1.39 bits per heavy atom. The second-order valence-electron chi connectivity index (χ2n) is 4.78. The zero-order valence-corrected chi connectivity index (χ0v) is 14.7. The lowest BCUT2D eigenvalue weighted by Crippen LogP contribution is -2.42. The van der Waals surface area contributed by atoms with Crippen molar-refractivity contribution in [3.8, 4) is 0 Å². The summed E-state index contributed by atoms with van der Waals surface area (Å²) in [5.74, 6) is -0.577. The van der Waals surface area contributed by atoms with Crippen LogP contribution in [0.5, 0.6) is 0 Å². The van der Waals surface area contributed by atoms with Crippen molar-refractivity contribution in [1.82, 2.24) is 4.90 Å². The first kappa shape index (κ1) is 17.6. The quantitative estimate of drug-likeness (QED) is 0.747. The fourth-order valence-corrected chi connectivity index (χ4v) is 2.64. The molecule has 0 saturated heterocycles. The third-order valence-electron chi connectivity index (χ3n) is 3.27. The number of amides is 3. The first-order valence-corrected chi connectivity index (χ1v) is 7.71. The molecule has 2 aromatic rings. The number of hydrogen-bond donors (Lipinski definition) is 0. The van der Waals surface area contributed by atoms with Crippen LogP contribution in [0.25, 0.3) is 0 Å². The van der Waals surface area contributed by atoms with Crippen molar-refractivity contribution in [1.29, 1.82) is 0 Å². The van der Waals surface area contributed by atoms with Crippen LogP contribution in [0.4, 0.5) is 10.5 Å². The van der Waals surface area contributed by atoms with E-state index in [0.717, 1.165) is 4.90 Å². The van der Waals surface area contributed by atoms with E-state index < -0.39 is 11.9 Å². The van der Waals surface area contributed by atoms with Gasteiger partial charge in [-0.15, -0.1) is 0 Å². The van der Waals surface area contributed by atoms with E-state index in [0.29, 0.717) is 10.7 Å². The Labute approximate surface area is 149 Å². The minimum absolute atomic E-state index is 0.0937. The van der Waals surface area contributed by atoms with Crippen molar-refractivity contribution < 1.29 is 9.59 Å². The van der Waals surface area contributed by atoms with Gasteiger partial charge in [0.05, 0.1) is 15.6 Å². The molecule has 0 aliphatic heterocycles. The van der Waals surface area contributed by atoms with Gasteiger partial charge in [-0.2, -0.15) is 0 Å². The maximum atomic E-state index is 12.5. The Balaban J connectivity index is 2.25. The van der Waals surface area contributed by atoms with Crippen molar-refractivity contribution in [3.63, 3.8) is 0 Å². The highest BCUT2D eigenvalue weighted by Gasteiger charge is 2.26. The Hall–Kier alpha value is -1.75. The minimum atomic E-state index is -0.577. The number of urea groups is 1. The lowest BCUT2D eigenvalue weighted by atomic mass is 10.2. The lowest BCUT2D eigenvalue weighted by molar-refractivity contribution is 0.0837. The van der Waals surface area contributed by atoms with Gasteiger partial charge >= 0.3 is 6.03 Å². The lowest BCUT2D eigenvalue weighted by Gasteiger charge is -2.24. The molecule has 3 amide bonds. The van der Waals surface area contributed by atoms with Gasteiger partial charge in [0.2, 0.25) is 0 Å². The van der Waals surface area contributed by atoms with Gasteiger partial charge in [0, 0.05) is 24.8 Å². The molecule has 0 unspecified atom stereocenters. The van der Waals surface area contributed by atoms with Crippen LogP contribution in [0.3, 0.4) is 0 Å². The number of rotatable bonds is 2. The molecule has 2 aromatic carbocycles. The summed E-state index contributed by atoms with van der Waals surface area (Å²) in [6.07, 6.45) is 0. The van der Waals surface area contributed by atoms with E-state index in [-0.39, 0.29) is 15.6 Å². The molecule has 0 N–H and O–H groups in total. The second kappa shape index (κ2) is 7.21. The van der Waals surface area contributed by atoms with E-state index in [4.69, 9.17) is 34.8 Å². The van der Waals surface area contributed by atoms with E-state index in [1.54, 1.807) is 49.5 Å². The van der Waals surface area contributed by atoms with Crippen LogP contribution < -0.4 is 4.90 Å². The zero-order chi connectivity index (χ0) is 17.1. The number of halogens is 3. The first-order valence-electron chi connectivity index (χ1n) is 6.58. The van der Waals surface area contributed by atoms with Crippen LogP contribution in [0.2, 0.25) is 15.1 Å². The van der Waals surface area contributed by atoms with Gasteiger partial charge in [0.15, 0.2) is 0 Å². The maximum Gasteiger partial charge on any atom is 0.330 e. The van der Waals surface area contributed by atoms with Crippen LogP contribution in [0, 0.1) is 0 Å². The normalized spacial score (nSPS) is 10.3. The van der Waals surface area contributed by atoms with Crippen molar-refractivity contribution in [2.75, 3.05) is 19.0 Å². The molecule has 0 fully saturated rings. The molecule has 0 spiro atoms. The first-order chi connectivity index (χ1) is 10.8. The maximum absolute atomic E-state index is 12.5.